The molecule has 27 heavy (non-hydrogen) atoms. The molecule has 7 nitrogen and oxygen atoms in total. The van der Waals surface area contributed by atoms with Crippen LogP contribution in [0.4, 0.5) is 5.69 Å². The first-order valence-corrected chi connectivity index (χ1v) is 9.47. The largest absolute Gasteiger partial charge is 0.478 e. The number of carbonyl (C=O) groups is 2. The summed E-state index contributed by atoms with van der Waals surface area (Å²) in [6.45, 7) is -0.177. The maximum Gasteiger partial charge on any atom is 0.335 e. The molecule has 0 saturated heterocycles. The van der Waals surface area contributed by atoms with Crippen LogP contribution in [0.25, 0.3) is 10.2 Å². The number of aromatic nitrogens is 2. The van der Waals surface area contributed by atoms with Gasteiger partial charge in [-0.2, -0.15) is 0 Å². The van der Waals surface area contributed by atoms with Crippen LogP contribution in [0, 0.1) is 0 Å². The monoisotopic (exact) mass is 383 g/mol. The van der Waals surface area contributed by atoms with Crippen LogP contribution in [-0.2, 0) is 24.2 Å². The Morgan fingerprint density at radius 2 is 2.07 bits per heavy atom. The second-order valence-electron chi connectivity index (χ2n) is 6.50. The second kappa shape index (κ2) is 6.96. The highest BCUT2D eigenvalue weighted by Gasteiger charge is 2.20. The number of hydrogen-bond acceptors (Lipinski definition) is 5. The summed E-state index contributed by atoms with van der Waals surface area (Å²) in [5.41, 5.74) is 1.34. The number of hydrogen-bond donors (Lipinski definition) is 2. The highest BCUT2D eigenvalue weighted by Crippen LogP contribution is 2.33. The predicted octanol–water partition coefficient (Wildman–Crippen LogP) is 2.67. The summed E-state index contributed by atoms with van der Waals surface area (Å²) in [4.78, 5) is 42.6. The molecule has 0 atom stereocenters. The third kappa shape index (κ3) is 3.35. The van der Waals surface area contributed by atoms with E-state index in [-0.39, 0.29) is 17.7 Å². The summed E-state index contributed by atoms with van der Waals surface area (Å²) < 4.78 is 1.31. The van der Waals surface area contributed by atoms with Gasteiger partial charge in [-0.1, -0.05) is 6.07 Å². The van der Waals surface area contributed by atoms with E-state index >= 15 is 0 Å². The number of aromatic carboxylic acids is 1. The number of rotatable bonds is 4. The molecule has 0 fully saturated rings. The number of nitrogens with zero attached hydrogens (tertiary/aromatic N) is 2. The maximum atomic E-state index is 12.9. The van der Waals surface area contributed by atoms with E-state index in [0.717, 1.165) is 36.1 Å². The minimum absolute atomic E-state index is 0.0814. The summed E-state index contributed by atoms with van der Waals surface area (Å²) in [7, 11) is 0. The third-order valence-electron chi connectivity index (χ3n) is 4.65. The first-order valence-electron chi connectivity index (χ1n) is 8.66. The zero-order valence-electron chi connectivity index (χ0n) is 14.4. The lowest BCUT2D eigenvalue weighted by Gasteiger charge is -2.11. The van der Waals surface area contributed by atoms with Gasteiger partial charge in [0.15, 0.2) is 0 Å². The quantitative estimate of drug-likeness (QED) is 0.721. The molecule has 0 radical (unpaired) electrons. The number of carboxylic acids is 1. The van der Waals surface area contributed by atoms with E-state index in [1.807, 2.05) is 0 Å². The van der Waals surface area contributed by atoms with Crippen molar-refractivity contribution in [2.24, 2.45) is 0 Å². The number of fused-ring (bicyclic) bond motifs is 3. The standard InChI is InChI=1S/C19H17N3O4S/c23-15(21-12-5-3-4-11(8-12)19(25)26)9-22-10-20-17-16(18(22)24)13-6-1-2-7-14(13)27-17/h3-5,8,10H,1-2,6-7,9H2,(H,21,23)(H,25,26). The van der Waals surface area contributed by atoms with Crippen molar-refractivity contribution in [2.75, 3.05) is 5.32 Å². The van der Waals surface area contributed by atoms with Crippen LogP contribution in [0.2, 0.25) is 0 Å². The fourth-order valence-corrected chi connectivity index (χ4v) is 4.60. The Balaban J connectivity index is 1.59. The number of nitrogens with one attached hydrogen (secondary N) is 1. The second-order valence-corrected chi connectivity index (χ2v) is 7.59. The minimum atomic E-state index is -1.07. The summed E-state index contributed by atoms with van der Waals surface area (Å²) in [6, 6.07) is 5.97. The van der Waals surface area contributed by atoms with Crippen molar-refractivity contribution in [3.8, 4) is 0 Å². The number of anilines is 1. The van der Waals surface area contributed by atoms with E-state index in [1.165, 1.54) is 27.9 Å². The van der Waals surface area contributed by atoms with Gasteiger partial charge in [-0.25, -0.2) is 9.78 Å². The molecular weight excluding hydrogens is 366 g/mol. The molecular formula is C19H17N3O4S. The van der Waals surface area contributed by atoms with Gasteiger partial charge in [0.2, 0.25) is 5.91 Å². The van der Waals surface area contributed by atoms with Gasteiger partial charge < -0.3 is 10.4 Å². The summed E-state index contributed by atoms with van der Waals surface area (Å²) in [6.07, 6.45) is 5.46. The fourth-order valence-electron chi connectivity index (χ4n) is 3.38. The third-order valence-corrected chi connectivity index (χ3v) is 5.85. The van der Waals surface area contributed by atoms with Gasteiger partial charge in [0.1, 0.15) is 11.4 Å². The lowest BCUT2D eigenvalue weighted by Crippen LogP contribution is -2.28. The smallest absolute Gasteiger partial charge is 0.335 e. The van der Waals surface area contributed by atoms with Gasteiger partial charge in [0, 0.05) is 10.6 Å². The van der Waals surface area contributed by atoms with Crippen molar-refractivity contribution in [2.45, 2.75) is 32.2 Å². The van der Waals surface area contributed by atoms with E-state index in [2.05, 4.69) is 10.3 Å². The lowest BCUT2D eigenvalue weighted by atomic mass is 9.97. The fraction of sp³-hybridized carbons (Fsp3) is 0.263. The van der Waals surface area contributed by atoms with Crippen LogP contribution >= 0.6 is 11.3 Å². The summed E-state index contributed by atoms with van der Waals surface area (Å²) >= 11 is 1.57. The van der Waals surface area contributed by atoms with Crippen molar-refractivity contribution < 1.29 is 14.7 Å². The van der Waals surface area contributed by atoms with Crippen molar-refractivity contribution in [1.82, 2.24) is 9.55 Å². The Morgan fingerprint density at radius 1 is 1.26 bits per heavy atom. The molecule has 2 aromatic heterocycles. The van der Waals surface area contributed by atoms with E-state index in [9.17, 15) is 14.4 Å². The van der Waals surface area contributed by atoms with Crippen LogP contribution in [-0.4, -0.2) is 26.5 Å². The number of aryl methyl sites for hydroxylation is 2. The highest BCUT2D eigenvalue weighted by molar-refractivity contribution is 7.18. The predicted molar refractivity (Wildman–Crippen MR) is 103 cm³/mol. The molecule has 3 aromatic rings. The Hall–Kier alpha value is -3.00. The SMILES string of the molecule is O=C(Cn1cnc2sc3c(c2c1=O)CCCC3)Nc1cccc(C(=O)O)c1. The maximum absolute atomic E-state index is 12.9. The molecule has 8 heteroatoms. The molecule has 0 unspecified atom stereocenters. The van der Waals surface area contributed by atoms with Crippen molar-refractivity contribution in [3.63, 3.8) is 0 Å². The molecule has 0 spiro atoms. The van der Waals surface area contributed by atoms with Gasteiger partial charge in [-0.05, 0) is 49.4 Å². The normalized spacial score (nSPS) is 13.3. The average molecular weight is 383 g/mol. The molecule has 0 aliphatic heterocycles. The van der Waals surface area contributed by atoms with Crippen LogP contribution < -0.4 is 10.9 Å². The van der Waals surface area contributed by atoms with Gasteiger partial charge >= 0.3 is 5.97 Å². The van der Waals surface area contributed by atoms with Crippen LogP contribution in [0.1, 0.15) is 33.6 Å². The van der Waals surface area contributed by atoms with E-state index in [4.69, 9.17) is 5.11 Å². The van der Waals surface area contributed by atoms with E-state index < -0.39 is 11.9 Å². The molecule has 2 heterocycles. The number of benzene rings is 1. The molecule has 4 rings (SSSR count). The van der Waals surface area contributed by atoms with Crippen LogP contribution in [0.3, 0.4) is 0 Å². The Labute approximate surface area is 158 Å². The van der Waals surface area contributed by atoms with Gasteiger partial charge in [-0.3, -0.25) is 14.2 Å². The summed E-state index contributed by atoms with van der Waals surface area (Å²) in [5, 5.41) is 12.3. The van der Waals surface area contributed by atoms with Gasteiger partial charge in [-0.15, -0.1) is 11.3 Å². The Bertz CT molecular complexity index is 1120. The Morgan fingerprint density at radius 3 is 2.89 bits per heavy atom. The summed E-state index contributed by atoms with van der Waals surface area (Å²) in [5.74, 6) is -1.48. The number of carboxylic acid groups (broad SMARTS) is 1. The minimum Gasteiger partial charge on any atom is -0.478 e. The van der Waals surface area contributed by atoms with Crippen molar-refractivity contribution >= 4 is 39.1 Å². The van der Waals surface area contributed by atoms with E-state index in [0.29, 0.717) is 11.1 Å². The first-order chi connectivity index (χ1) is 13.0. The molecule has 1 amide bonds. The number of thiophene rings is 1. The molecule has 0 saturated carbocycles. The molecule has 1 aliphatic rings. The number of carbonyl (C=O) groups excluding carboxylic acids is 1. The highest BCUT2D eigenvalue weighted by atomic mass is 32.1. The van der Waals surface area contributed by atoms with Gasteiger partial charge in [0.25, 0.3) is 5.56 Å². The molecule has 0 bridgehead atoms. The van der Waals surface area contributed by atoms with Gasteiger partial charge in [0.05, 0.1) is 17.3 Å². The average Bonchev–Trinajstić information content (AvgIpc) is 3.03. The number of amides is 1. The van der Waals surface area contributed by atoms with E-state index in [1.54, 1.807) is 23.5 Å². The van der Waals surface area contributed by atoms with Crippen molar-refractivity contribution in [1.29, 1.82) is 0 Å². The Kier molecular flexibility index (Phi) is 4.49. The van der Waals surface area contributed by atoms with Crippen molar-refractivity contribution in [3.05, 3.63) is 57.0 Å². The first kappa shape index (κ1) is 17.4. The molecule has 138 valence electrons. The molecule has 2 N–H and O–H groups in total. The van der Waals surface area contributed by atoms with Crippen LogP contribution in [0.15, 0.2) is 35.4 Å². The zero-order chi connectivity index (χ0) is 19.0. The molecule has 1 aromatic carbocycles. The van der Waals surface area contributed by atoms with Crippen LogP contribution in [0.5, 0.6) is 0 Å². The topological polar surface area (TPSA) is 101 Å². The lowest BCUT2D eigenvalue weighted by molar-refractivity contribution is -0.116. The zero-order valence-corrected chi connectivity index (χ0v) is 15.2. The molecule has 1 aliphatic carbocycles.